The first kappa shape index (κ1) is 33.7. The molecule has 1 N–H and O–H groups in total. The van der Waals surface area contributed by atoms with E-state index in [-0.39, 0.29) is 29.4 Å². The van der Waals surface area contributed by atoms with Crippen molar-refractivity contribution < 1.29 is 14.1 Å². The Hall–Kier alpha value is -2.50. The van der Waals surface area contributed by atoms with Gasteiger partial charge in [0.25, 0.3) is 0 Å². The maximum atomic E-state index is 13.4. The summed E-state index contributed by atoms with van der Waals surface area (Å²) >= 11 is 0. The molecule has 224 valence electrons. The Balaban J connectivity index is 1.77. The number of carbonyl (C=O) groups is 2. The lowest BCUT2D eigenvalue weighted by Crippen LogP contribution is -2.40. The standard InChI is InChI=1S/C34H55N3O3/c1-6-7-8-9-10-11-12-13-14-15-16-17-18-20-25-29(26-27(2)38)32(39)35-30(34(3,4)5)33-36-31(37-40-33)28-23-21-19-22-24-28/h19,21-24,29-30H,6-18,20,25-26H2,1-5H3,(H,35,39)/t29-,30+/m0/s1. The molecule has 0 aliphatic heterocycles. The molecule has 0 fully saturated rings. The molecule has 0 bridgehead atoms. The third-order valence-corrected chi connectivity index (χ3v) is 7.68. The summed E-state index contributed by atoms with van der Waals surface area (Å²) in [5.41, 5.74) is 0.523. The molecule has 1 aromatic carbocycles. The molecule has 1 aromatic heterocycles. The molecular weight excluding hydrogens is 498 g/mol. The number of unbranched alkanes of at least 4 members (excludes halogenated alkanes) is 13. The van der Waals surface area contributed by atoms with Crippen LogP contribution < -0.4 is 5.32 Å². The highest BCUT2D eigenvalue weighted by atomic mass is 16.5. The third-order valence-electron chi connectivity index (χ3n) is 7.68. The van der Waals surface area contributed by atoms with Gasteiger partial charge in [-0.3, -0.25) is 4.79 Å². The molecule has 0 saturated heterocycles. The number of hydrogen-bond donors (Lipinski definition) is 1. The fraction of sp³-hybridized carbons (Fsp3) is 0.706. The number of ketones is 1. The second kappa shape index (κ2) is 18.8. The predicted molar refractivity (Wildman–Crippen MR) is 164 cm³/mol. The fourth-order valence-electron chi connectivity index (χ4n) is 5.22. The van der Waals surface area contributed by atoms with Crippen LogP contribution in [0.4, 0.5) is 0 Å². The summed E-state index contributed by atoms with van der Waals surface area (Å²) in [4.78, 5) is 30.0. The summed E-state index contributed by atoms with van der Waals surface area (Å²) in [6, 6.07) is 9.21. The number of rotatable bonds is 21. The van der Waals surface area contributed by atoms with Crippen molar-refractivity contribution in [1.82, 2.24) is 15.5 Å². The lowest BCUT2D eigenvalue weighted by molar-refractivity contribution is -0.130. The first-order valence-electron chi connectivity index (χ1n) is 15.9. The first-order chi connectivity index (χ1) is 19.2. The second-order valence-corrected chi connectivity index (χ2v) is 12.6. The van der Waals surface area contributed by atoms with E-state index < -0.39 is 6.04 Å². The number of carbonyl (C=O) groups excluding carboxylic acids is 2. The Morgan fingerprint density at radius 2 is 1.35 bits per heavy atom. The van der Waals surface area contributed by atoms with Crippen molar-refractivity contribution in [2.45, 2.75) is 143 Å². The van der Waals surface area contributed by atoms with Crippen molar-refractivity contribution in [3.05, 3.63) is 36.2 Å². The van der Waals surface area contributed by atoms with E-state index in [1.807, 2.05) is 51.1 Å². The van der Waals surface area contributed by atoms with E-state index in [0.29, 0.717) is 11.7 Å². The molecule has 6 heteroatoms. The maximum Gasteiger partial charge on any atom is 0.250 e. The van der Waals surface area contributed by atoms with Crippen molar-refractivity contribution in [1.29, 1.82) is 0 Å². The Kier molecular flexibility index (Phi) is 15.8. The third kappa shape index (κ3) is 13.2. The highest BCUT2D eigenvalue weighted by Crippen LogP contribution is 2.33. The number of hydrogen-bond acceptors (Lipinski definition) is 5. The number of amides is 1. The maximum absolute atomic E-state index is 13.4. The van der Waals surface area contributed by atoms with Crippen LogP contribution >= 0.6 is 0 Å². The van der Waals surface area contributed by atoms with Crippen LogP contribution in [0, 0.1) is 11.3 Å². The van der Waals surface area contributed by atoms with Gasteiger partial charge in [-0.25, -0.2) is 0 Å². The lowest BCUT2D eigenvalue weighted by atomic mass is 9.85. The molecule has 2 rings (SSSR count). The summed E-state index contributed by atoms with van der Waals surface area (Å²) in [7, 11) is 0. The quantitative estimate of drug-likeness (QED) is 0.156. The zero-order valence-electron chi connectivity index (χ0n) is 26.0. The Labute approximate surface area is 243 Å². The van der Waals surface area contributed by atoms with Crippen molar-refractivity contribution in [3.8, 4) is 11.4 Å². The number of benzene rings is 1. The zero-order valence-corrected chi connectivity index (χ0v) is 26.0. The van der Waals surface area contributed by atoms with Gasteiger partial charge in [-0.2, -0.15) is 4.98 Å². The van der Waals surface area contributed by atoms with Crippen LogP contribution in [0.15, 0.2) is 34.9 Å². The van der Waals surface area contributed by atoms with Gasteiger partial charge in [-0.05, 0) is 18.8 Å². The normalized spacial score (nSPS) is 13.2. The van der Waals surface area contributed by atoms with Crippen LogP contribution in [-0.4, -0.2) is 21.8 Å². The van der Waals surface area contributed by atoms with E-state index in [1.165, 1.54) is 77.0 Å². The molecule has 40 heavy (non-hydrogen) atoms. The van der Waals surface area contributed by atoms with Crippen molar-refractivity contribution >= 4 is 11.7 Å². The van der Waals surface area contributed by atoms with E-state index in [2.05, 4.69) is 22.4 Å². The van der Waals surface area contributed by atoms with Gasteiger partial charge in [0.05, 0.1) is 0 Å². The Morgan fingerprint density at radius 1 is 0.825 bits per heavy atom. The molecular formula is C34H55N3O3. The van der Waals surface area contributed by atoms with E-state index in [0.717, 1.165) is 24.8 Å². The number of aromatic nitrogens is 2. The first-order valence-corrected chi connectivity index (χ1v) is 15.9. The van der Waals surface area contributed by atoms with Gasteiger partial charge in [-0.1, -0.05) is 153 Å². The van der Waals surface area contributed by atoms with Crippen molar-refractivity contribution in [2.75, 3.05) is 0 Å². The summed E-state index contributed by atoms with van der Waals surface area (Å²) in [5.74, 6) is 0.488. The summed E-state index contributed by atoms with van der Waals surface area (Å²) in [5, 5.41) is 7.30. The van der Waals surface area contributed by atoms with Gasteiger partial charge < -0.3 is 14.6 Å². The van der Waals surface area contributed by atoms with Crippen LogP contribution in [0.2, 0.25) is 0 Å². The van der Waals surface area contributed by atoms with Gasteiger partial charge in [0.15, 0.2) is 0 Å². The molecule has 0 spiro atoms. The molecule has 0 saturated carbocycles. The molecule has 1 heterocycles. The fourth-order valence-corrected chi connectivity index (χ4v) is 5.22. The molecule has 2 aromatic rings. The van der Waals surface area contributed by atoms with Gasteiger partial charge >= 0.3 is 0 Å². The van der Waals surface area contributed by atoms with Crippen LogP contribution in [0.3, 0.4) is 0 Å². The highest BCUT2D eigenvalue weighted by Gasteiger charge is 2.34. The van der Waals surface area contributed by atoms with Crippen LogP contribution in [0.5, 0.6) is 0 Å². The van der Waals surface area contributed by atoms with Crippen LogP contribution in [0.1, 0.15) is 149 Å². The number of Topliss-reactive ketones (excluding diaryl/α,β-unsaturated/α-hetero) is 1. The molecule has 0 aliphatic carbocycles. The van der Waals surface area contributed by atoms with Crippen LogP contribution in [0.25, 0.3) is 11.4 Å². The second-order valence-electron chi connectivity index (χ2n) is 12.6. The lowest BCUT2D eigenvalue weighted by Gasteiger charge is -2.30. The number of nitrogens with one attached hydrogen (secondary N) is 1. The number of nitrogens with zero attached hydrogens (tertiary/aromatic N) is 2. The highest BCUT2D eigenvalue weighted by molar-refractivity contribution is 5.85. The average Bonchev–Trinajstić information content (AvgIpc) is 3.40. The van der Waals surface area contributed by atoms with Gasteiger partial charge in [0.1, 0.15) is 11.8 Å². The minimum Gasteiger partial charge on any atom is -0.344 e. The largest absolute Gasteiger partial charge is 0.344 e. The smallest absolute Gasteiger partial charge is 0.250 e. The SMILES string of the molecule is CCCCCCCCCCCCCCCC[C@@H](CC(C)=O)C(=O)N[C@H](c1nc(-c2ccccc2)no1)C(C)(C)C. The van der Waals surface area contributed by atoms with Gasteiger partial charge in [0, 0.05) is 17.9 Å². The summed E-state index contributed by atoms with van der Waals surface area (Å²) < 4.78 is 5.61. The molecule has 0 radical (unpaired) electrons. The summed E-state index contributed by atoms with van der Waals surface area (Å²) in [6.07, 6.45) is 19.2. The Morgan fingerprint density at radius 3 is 1.85 bits per heavy atom. The average molecular weight is 554 g/mol. The van der Waals surface area contributed by atoms with Crippen LogP contribution in [-0.2, 0) is 9.59 Å². The summed E-state index contributed by atoms with van der Waals surface area (Å²) in [6.45, 7) is 9.95. The van der Waals surface area contributed by atoms with E-state index >= 15 is 0 Å². The van der Waals surface area contributed by atoms with Gasteiger partial charge in [-0.15, -0.1) is 0 Å². The van der Waals surface area contributed by atoms with Crippen molar-refractivity contribution in [2.24, 2.45) is 11.3 Å². The van der Waals surface area contributed by atoms with E-state index in [4.69, 9.17) is 4.52 Å². The van der Waals surface area contributed by atoms with Gasteiger partial charge in [0.2, 0.25) is 17.6 Å². The monoisotopic (exact) mass is 553 g/mol. The molecule has 0 aliphatic rings. The molecule has 6 nitrogen and oxygen atoms in total. The molecule has 2 atom stereocenters. The van der Waals surface area contributed by atoms with E-state index in [1.54, 1.807) is 6.92 Å². The predicted octanol–water partition coefficient (Wildman–Crippen LogP) is 9.41. The van der Waals surface area contributed by atoms with Crippen molar-refractivity contribution in [3.63, 3.8) is 0 Å². The zero-order chi connectivity index (χ0) is 29.2. The molecule has 1 amide bonds. The molecule has 0 unspecified atom stereocenters. The van der Waals surface area contributed by atoms with E-state index in [9.17, 15) is 9.59 Å². The minimum atomic E-state index is -0.448. The minimum absolute atomic E-state index is 0.0435. The Bertz CT molecular complexity index is 964. The topological polar surface area (TPSA) is 85.1 Å².